The Balaban J connectivity index is 2.05. The molecule has 5 nitrogen and oxygen atoms in total. The summed E-state index contributed by atoms with van der Waals surface area (Å²) in [5.74, 6) is 2.28. The molecule has 0 atom stereocenters. The standard InChI is InChI=1S/C10H16ClN5S/c1-17-7-4-12-9-13-8(11)14-10(15-9)16-5-2-3-6-16/h2-7H2,1H3,(H,12,13,14,15). The molecule has 17 heavy (non-hydrogen) atoms. The molecule has 0 unspecified atom stereocenters. The molecule has 1 aromatic rings. The van der Waals surface area contributed by atoms with Crippen LogP contribution >= 0.6 is 23.4 Å². The summed E-state index contributed by atoms with van der Waals surface area (Å²) >= 11 is 7.68. The van der Waals surface area contributed by atoms with Gasteiger partial charge in [0.1, 0.15) is 0 Å². The molecule has 1 N–H and O–H groups in total. The molecule has 94 valence electrons. The van der Waals surface area contributed by atoms with Crippen molar-refractivity contribution in [2.75, 3.05) is 41.9 Å². The lowest BCUT2D eigenvalue weighted by Crippen LogP contribution is -2.21. The average Bonchev–Trinajstić information content (AvgIpc) is 2.82. The molecule has 0 amide bonds. The van der Waals surface area contributed by atoms with Gasteiger partial charge in [-0.25, -0.2) is 0 Å². The predicted octanol–water partition coefficient (Wildman–Crippen LogP) is 1.90. The van der Waals surface area contributed by atoms with Crippen molar-refractivity contribution < 1.29 is 0 Å². The van der Waals surface area contributed by atoms with Crippen LogP contribution in [0.25, 0.3) is 0 Å². The first-order chi connectivity index (χ1) is 8.29. The highest BCUT2D eigenvalue weighted by Gasteiger charge is 2.16. The number of hydrogen-bond acceptors (Lipinski definition) is 6. The monoisotopic (exact) mass is 273 g/mol. The lowest BCUT2D eigenvalue weighted by Gasteiger charge is -2.15. The lowest BCUT2D eigenvalue weighted by molar-refractivity contribution is 0.878. The number of aromatic nitrogens is 3. The third kappa shape index (κ3) is 3.61. The van der Waals surface area contributed by atoms with E-state index in [0.717, 1.165) is 25.4 Å². The summed E-state index contributed by atoms with van der Waals surface area (Å²) in [6.07, 6.45) is 4.45. The zero-order chi connectivity index (χ0) is 12.1. The van der Waals surface area contributed by atoms with Crippen LogP contribution in [0.5, 0.6) is 0 Å². The highest BCUT2D eigenvalue weighted by Crippen LogP contribution is 2.18. The number of anilines is 2. The predicted molar refractivity (Wildman–Crippen MR) is 73.2 cm³/mol. The highest BCUT2D eigenvalue weighted by atomic mass is 35.5. The first kappa shape index (κ1) is 12.7. The smallest absolute Gasteiger partial charge is 0.231 e. The Morgan fingerprint density at radius 3 is 2.76 bits per heavy atom. The molecule has 2 rings (SSSR count). The van der Waals surface area contributed by atoms with Gasteiger partial charge in [0.25, 0.3) is 0 Å². The van der Waals surface area contributed by atoms with Gasteiger partial charge in [0.15, 0.2) is 0 Å². The van der Waals surface area contributed by atoms with Gasteiger partial charge in [-0.2, -0.15) is 26.7 Å². The maximum absolute atomic E-state index is 5.91. The van der Waals surface area contributed by atoms with Gasteiger partial charge in [-0.05, 0) is 30.7 Å². The number of thioether (sulfide) groups is 1. The fraction of sp³-hybridized carbons (Fsp3) is 0.700. The Hall–Kier alpha value is -0.750. The molecule has 0 aromatic carbocycles. The minimum Gasteiger partial charge on any atom is -0.353 e. The lowest BCUT2D eigenvalue weighted by atomic mass is 10.4. The average molecular weight is 274 g/mol. The van der Waals surface area contributed by atoms with E-state index in [-0.39, 0.29) is 5.28 Å². The Kier molecular flexibility index (Phi) is 4.67. The molecular formula is C10H16ClN5S. The zero-order valence-corrected chi connectivity index (χ0v) is 11.4. The van der Waals surface area contributed by atoms with E-state index >= 15 is 0 Å². The molecule has 7 heteroatoms. The Morgan fingerprint density at radius 1 is 1.29 bits per heavy atom. The van der Waals surface area contributed by atoms with Crippen LogP contribution in [0.15, 0.2) is 0 Å². The molecule has 0 bridgehead atoms. The molecular weight excluding hydrogens is 258 g/mol. The molecule has 0 radical (unpaired) electrons. The van der Waals surface area contributed by atoms with Crippen molar-refractivity contribution in [3.63, 3.8) is 0 Å². The molecule has 1 saturated heterocycles. The molecule has 1 aliphatic heterocycles. The van der Waals surface area contributed by atoms with Crippen molar-refractivity contribution in [1.82, 2.24) is 15.0 Å². The van der Waals surface area contributed by atoms with E-state index < -0.39 is 0 Å². The van der Waals surface area contributed by atoms with Gasteiger partial charge in [-0.3, -0.25) is 0 Å². The Labute approximate surface area is 110 Å². The van der Waals surface area contributed by atoms with Gasteiger partial charge in [0.05, 0.1) is 0 Å². The fourth-order valence-electron chi connectivity index (χ4n) is 1.74. The van der Waals surface area contributed by atoms with Crippen molar-refractivity contribution >= 4 is 35.3 Å². The van der Waals surface area contributed by atoms with Crippen LogP contribution in [0, 0.1) is 0 Å². The maximum atomic E-state index is 5.91. The minimum atomic E-state index is 0.258. The van der Waals surface area contributed by atoms with Crippen molar-refractivity contribution in [2.45, 2.75) is 12.8 Å². The number of nitrogens with zero attached hydrogens (tertiary/aromatic N) is 4. The SMILES string of the molecule is CSCCNc1nc(Cl)nc(N2CCCC2)n1. The first-order valence-corrected chi connectivity index (χ1v) is 7.46. The molecule has 1 aliphatic rings. The van der Waals surface area contributed by atoms with E-state index in [4.69, 9.17) is 11.6 Å². The van der Waals surface area contributed by atoms with Gasteiger partial charge in [0.2, 0.25) is 17.2 Å². The van der Waals surface area contributed by atoms with Gasteiger partial charge >= 0.3 is 0 Å². The summed E-state index contributed by atoms with van der Waals surface area (Å²) in [6, 6.07) is 0. The second-order valence-electron chi connectivity index (χ2n) is 3.84. The number of nitrogens with one attached hydrogen (secondary N) is 1. The fourth-order valence-corrected chi connectivity index (χ4v) is 2.20. The van der Waals surface area contributed by atoms with Gasteiger partial charge in [0, 0.05) is 25.4 Å². The molecule has 0 spiro atoms. The van der Waals surface area contributed by atoms with Crippen LogP contribution in [-0.2, 0) is 0 Å². The van der Waals surface area contributed by atoms with E-state index in [1.54, 1.807) is 11.8 Å². The van der Waals surface area contributed by atoms with Gasteiger partial charge in [-0.15, -0.1) is 0 Å². The van der Waals surface area contributed by atoms with Crippen LogP contribution in [0.1, 0.15) is 12.8 Å². The van der Waals surface area contributed by atoms with Crippen LogP contribution in [0.4, 0.5) is 11.9 Å². The Morgan fingerprint density at radius 2 is 2.06 bits per heavy atom. The molecule has 0 aliphatic carbocycles. The Bertz CT molecular complexity index is 370. The number of hydrogen-bond donors (Lipinski definition) is 1. The quantitative estimate of drug-likeness (QED) is 0.827. The zero-order valence-electron chi connectivity index (χ0n) is 9.82. The summed E-state index contributed by atoms with van der Waals surface area (Å²) in [5, 5.41) is 3.41. The summed E-state index contributed by atoms with van der Waals surface area (Å²) in [4.78, 5) is 14.8. The van der Waals surface area contributed by atoms with Crippen LogP contribution in [0.3, 0.4) is 0 Å². The number of halogens is 1. The summed E-state index contributed by atoms with van der Waals surface area (Å²) in [5.41, 5.74) is 0. The second kappa shape index (κ2) is 6.26. The van der Waals surface area contributed by atoms with E-state index in [1.165, 1.54) is 12.8 Å². The topological polar surface area (TPSA) is 53.9 Å². The van der Waals surface area contributed by atoms with E-state index in [0.29, 0.717) is 11.9 Å². The first-order valence-electron chi connectivity index (χ1n) is 5.69. The third-order valence-corrected chi connectivity index (χ3v) is 3.36. The maximum Gasteiger partial charge on any atom is 0.231 e. The molecule has 2 heterocycles. The summed E-state index contributed by atoms with van der Waals surface area (Å²) in [6.45, 7) is 2.84. The minimum absolute atomic E-state index is 0.258. The van der Waals surface area contributed by atoms with Crippen molar-refractivity contribution in [1.29, 1.82) is 0 Å². The van der Waals surface area contributed by atoms with Crippen LogP contribution < -0.4 is 10.2 Å². The van der Waals surface area contributed by atoms with E-state index in [1.807, 2.05) is 0 Å². The molecule has 1 fully saturated rings. The molecule has 0 saturated carbocycles. The van der Waals surface area contributed by atoms with E-state index in [9.17, 15) is 0 Å². The van der Waals surface area contributed by atoms with Crippen molar-refractivity contribution in [3.8, 4) is 0 Å². The van der Waals surface area contributed by atoms with Gasteiger partial charge in [-0.1, -0.05) is 0 Å². The highest BCUT2D eigenvalue weighted by molar-refractivity contribution is 7.98. The summed E-state index contributed by atoms with van der Waals surface area (Å²) in [7, 11) is 0. The van der Waals surface area contributed by atoms with Crippen molar-refractivity contribution in [2.24, 2.45) is 0 Å². The van der Waals surface area contributed by atoms with E-state index in [2.05, 4.69) is 31.4 Å². The largest absolute Gasteiger partial charge is 0.353 e. The number of rotatable bonds is 5. The van der Waals surface area contributed by atoms with Crippen LogP contribution in [-0.4, -0.2) is 46.6 Å². The summed E-state index contributed by atoms with van der Waals surface area (Å²) < 4.78 is 0. The van der Waals surface area contributed by atoms with Crippen molar-refractivity contribution in [3.05, 3.63) is 5.28 Å². The third-order valence-electron chi connectivity index (χ3n) is 2.57. The van der Waals surface area contributed by atoms with Gasteiger partial charge < -0.3 is 10.2 Å². The second-order valence-corrected chi connectivity index (χ2v) is 5.17. The normalized spacial score (nSPS) is 15.3. The molecule has 1 aromatic heterocycles. The van der Waals surface area contributed by atoms with Crippen LogP contribution in [0.2, 0.25) is 5.28 Å².